The van der Waals surface area contributed by atoms with Gasteiger partial charge in [-0.3, -0.25) is 4.79 Å². The van der Waals surface area contributed by atoms with Gasteiger partial charge in [0, 0.05) is 15.8 Å². The van der Waals surface area contributed by atoms with E-state index in [9.17, 15) is 4.79 Å². The van der Waals surface area contributed by atoms with E-state index in [1.165, 1.54) is 11.8 Å². The first-order chi connectivity index (χ1) is 7.00. The molecule has 0 bridgehead atoms. The van der Waals surface area contributed by atoms with Crippen LogP contribution in [0.25, 0.3) is 0 Å². The number of Topliss-reactive ketones (excluding diaryl/α,β-unsaturated/α-hetero) is 1. The summed E-state index contributed by atoms with van der Waals surface area (Å²) in [7, 11) is 0. The summed E-state index contributed by atoms with van der Waals surface area (Å²) in [6, 6.07) is 5.30. The van der Waals surface area contributed by atoms with Gasteiger partial charge in [-0.05, 0) is 18.2 Å². The minimum atomic E-state index is 0.0728. The number of carbonyl (C=O) groups is 1. The van der Waals surface area contributed by atoms with Gasteiger partial charge in [0.15, 0.2) is 0 Å². The Morgan fingerprint density at radius 2 is 2.07 bits per heavy atom. The first-order valence-corrected chi connectivity index (χ1v) is 6.35. The molecule has 0 unspecified atom stereocenters. The van der Waals surface area contributed by atoms with Crippen LogP contribution in [0.5, 0.6) is 0 Å². The molecule has 0 N–H and O–H groups in total. The van der Waals surface area contributed by atoms with E-state index in [-0.39, 0.29) is 11.7 Å². The van der Waals surface area contributed by atoms with E-state index in [1.807, 2.05) is 19.9 Å². The van der Waals surface area contributed by atoms with E-state index in [1.54, 1.807) is 12.1 Å². The Hall–Kier alpha value is -0.180. The highest BCUT2D eigenvalue weighted by Gasteiger charge is 2.09. The van der Waals surface area contributed by atoms with Crippen LogP contribution < -0.4 is 0 Å². The topological polar surface area (TPSA) is 17.1 Å². The van der Waals surface area contributed by atoms with E-state index in [2.05, 4.69) is 0 Å². The molecule has 0 atom stereocenters. The number of rotatable bonds is 4. The van der Waals surface area contributed by atoms with E-state index < -0.39 is 0 Å². The van der Waals surface area contributed by atoms with Crippen LogP contribution in [-0.4, -0.2) is 11.5 Å². The number of benzene rings is 1. The molecule has 1 aromatic rings. The second kappa shape index (κ2) is 5.78. The normalized spacial score (nSPS) is 10.7. The lowest BCUT2D eigenvalue weighted by Crippen LogP contribution is -2.09. The van der Waals surface area contributed by atoms with E-state index in [4.69, 9.17) is 23.2 Å². The number of hydrogen-bond acceptors (Lipinski definition) is 2. The molecular weight excluding hydrogens is 251 g/mol. The molecule has 0 saturated carbocycles. The van der Waals surface area contributed by atoms with Crippen molar-refractivity contribution in [3.05, 3.63) is 28.2 Å². The highest BCUT2D eigenvalue weighted by molar-refractivity contribution is 8.00. The van der Waals surface area contributed by atoms with Gasteiger partial charge >= 0.3 is 0 Å². The van der Waals surface area contributed by atoms with Gasteiger partial charge in [-0.15, -0.1) is 11.8 Å². The molecule has 0 saturated heterocycles. The van der Waals surface area contributed by atoms with E-state index in [0.29, 0.717) is 15.8 Å². The van der Waals surface area contributed by atoms with Crippen LogP contribution in [-0.2, 0) is 4.79 Å². The molecule has 0 aliphatic rings. The van der Waals surface area contributed by atoms with Gasteiger partial charge in [-0.2, -0.15) is 0 Å². The third-order valence-electron chi connectivity index (χ3n) is 1.91. The van der Waals surface area contributed by atoms with Crippen molar-refractivity contribution in [2.24, 2.45) is 5.92 Å². The van der Waals surface area contributed by atoms with Crippen molar-refractivity contribution in [2.45, 2.75) is 18.7 Å². The lowest BCUT2D eigenvalue weighted by atomic mass is 10.1. The second-order valence-corrected chi connectivity index (χ2v) is 5.35. The molecule has 1 aromatic carbocycles. The van der Waals surface area contributed by atoms with Gasteiger partial charge in [0.25, 0.3) is 0 Å². The molecule has 1 rings (SSSR count). The molecule has 1 nitrogen and oxygen atoms in total. The molecule has 0 radical (unpaired) electrons. The highest BCUT2D eigenvalue weighted by Crippen LogP contribution is 2.29. The fourth-order valence-electron chi connectivity index (χ4n) is 0.908. The number of carbonyl (C=O) groups excluding carboxylic acids is 1. The Kier molecular flexibility index (Phi) is 4.97. The van der Waals surface area contributed by atoms with Crippen LogP contribution in [0.4, 0.5) is 0 Å². The number of thioether (sulfide) groups is 1. The molecule has 4 heteroatoms. The molecule has 0 fully saturated rings. The Bertz CT molecular complexity index is 364. The predicted octanol–water partition coefficient (Wildman–Crippen LogP) is 4.31. The van der Waals surface area contributed by atoms with Crippen LogP contribution in [0.1, 0.15) is 13.8 Å². The summed E-state index contributed by atoms with van der Waals surface area (Å²) in [4.78, 5) is 12.3. The zero-order chi connectivity index (χ0) is 11.4. The van der Waals surface area contributed by atoms with Crippen molar-refractivity contribution in [1.82, 2.24) is 0 Å². The fourth-order valence-corrected chi connectivity index (χ4v) is 2.47. The molecule has 0 aliphatic heterocycles. The molecule has 82 valence electrons. The Morgan fingerprint density at radius 3 is 2.60 bits per heavy atom. The van der Waals surface area contributed by atoms with Gasteiger partial charge in [0.1, 0.15) is 5.78 Å². The van der Waals surface area contributed by atoms with Crippen LogP contribution in [0.2, 0.25) is 10.0 Å². The van der Waals surface area contributed by atoms with Crippen LogP contribution in [0.15, 0.2) is 23.1 Å². The first kappa shape index (κ1) is 12.9. The van der Waals surface area contributed by atoms with Gasteiger partial charge in [-0.25, -0.2) is 0 Å². The Morgan fingerprint density at radius 1 is 1.40 bits per heavy atom. The smallest absolute Gasteiger partial charge is 0.145 e. The summed E-state index contributed by atoms with van der Waals surface area (Å²) < 4.78 is 0. The summed E-state index contributed by atoms with van der Waals surface area (Å²) in [5, 5.41) is 1.21. The minimum Gasteiger partial charge on any atom is -0.298 e. The summed E-state index contributed by atoms with van der Waals surface area (Å²) in [5.74, 6) is 0.758. The Labute approximate surface area is 104 Å². The van der Waals surface area contributed by atoms with Crippen molar-refractivity contribution in [3.63, 3.8) is 0 Å². The summed E-state index contributed by atoms with van der Waals surface area (Å²) >= 11 is 13.2. The maximum absolute atomic E-state index is 11.4. The molecule has 0 amide bonds. The molecule has 0 aromatic heterocycles. The third kappa shape index (κ3) is 4.06. The number of hydrogen-bond donors (Lipinski definition) is 0. The lowest BCUT2D eigenvalue weighted by Gasteiger charge is -2.05. The van der Waals surface area contributed by atoms with Gasteiger partial charge in [0.05, 0.1) is 10.8 Å². The van der Waals surface area contributed by atoms with Crippen LogP contribution in [0, 0.1) is 5.92 Å². The van der Waals surface area contributed by atoms with Crippen LogP contribution in [0.3, 0.4) is 0 Å². The quantitative estimate of drug-likeness (QED) is 0.753. The van der Waals surface area contributed by atoms with Crippen molar-refractivity contribution >= 4 is 40.7 Å². The molecular formula is C11H12Cl2OS. The summed E-state index contributed by atoms with van der Waals surface area (Å²) in [6.45, 7) is 3.79. The SMILES string of the molecule is CC(C)C(=O)CSc1ccc(Cl)cc1Cl. The zero-order valence-electron chi connectivity index (χ0n) is 8.59. The highest BCUT2D eigenvalue weighted by atomic mass is 35.5. The monoisotopic (exact) mass is 262 g/mol. The van der Waals surface area contributed by atoms with Crippen molar-refractivity contribution < 1.29 is 4.79 Å². The molecule has 0 spiro atoms. The zero-order valence-corrected chi connectivity index (χ0v) is 10.9. The van der Waals surface area contributed by atoms with Gasteiger partial charge in [-0.1, -0.05) is 37.0 Å². The summed E-state index contributed by atoms with van der Waals surface area (Å²) in [6.07, 6.45) is 0. The lowest BCUT2D eigenvalue weighted by molar-refractivity contribution is -0.119. The second-order valence-electron chi connectivity index (χ2n) is 3.48. The number of halogens is 2. The van der Waals surface area contributed by atoms with E-state index >= 15 is 0 Å². The van der Waals surface area contributed by atoms with E-state index in [0.717, 1.165) is 4.90 Å². The maximum Gasteiger partial charge on any atom is 0.145 e. The molecule has 0 aliphatic carbocycles. The molecule has 15 heavy (non-hydrogen) atoms. The Balaban J connectivity index is 2.62. The van der Waals surface area contributed by atoms with Crippen molar-refractivity contribution in [3.8, 4) is 0 Å². The average molecular weight is 263 g/mol. The minimum absolute atomic E-state index is 0.0728. The first-order valence-electron chi connectivity index (χ1n) is 4.61. The standard InChI is InChI=1S/C11H12Cl2OS/c1-7(2)10(14)6-15-11-4-3-8(12)5-9(11)13/h3-5,7H,6H2,1-2H3. The fraction of sp³-hybridized carbons (Fsp3) is 0.364. The maximum atomic E-state index is 11.4. The molecule has 0 heterocycles. The summed E-state index contributed by atoms with van der Waals surface area (Å²) in [5.41, 5.74) is 0. The average Bonchev–Trinajstić information content (AvgIpc) is 2.15. The van der Waals surface area contributed by atoms with Crippen LogP contribution >= 0.6 is 35.0 Å². The van der Waals surface area contributed by atoms with Gasteiger partial charge in [0.2, 0.25) is 0 Å². The van der Waals surface area contributed by atoms with Crippen molar-refractivity contribution in [1.29, 1.82) is 0 Å². The number of ketones is 1. The van der Waals surface area contributed by atoms with Gasteiger partial charge < -0.3 is 0 Å². The predicted molar refractivity (Wildman–Crippen MR) is 67.0 cm³/mol. The van der Waals surface area contributed by atoms with Crippen molar-refractivity contribution in [2.75, 3.05) is 5.75 Å². The largest absolute Gasteiger partial charge is 0.298 e. The third-order valence-corrected chi connectivity index (χ3v) is 3.66.